The van der Waals surface area contributed by atoms with E-state index in [1.807, 2.05) is 12.1 Å². The van der Waals surface area contributed by atoms with E-state index in [1.54, 1.807) is 14.2 Å². The van der Waals surface area contributed by atoms with E-state index in [9.17, 15) is 0 Å². The lowest BCUT2D eigenvalue weighted by atomic mass is 9.98. The normalized spacial score (nSPS) is 14.2. The molecule has 0 aromatic heterocycles. The topological polar surface area (TPSA) is 27.7 Å². The Morgan fingerprint density at radius 3 is 2.50 bits per heavy atom. The predicted octanol–water partition coefficient (Wildman–Crippen LogP) is 2.89. The summed E-state index contributed by atoms with van der Waals surface area (Å²) in [6.07, 6.45) is 0. The molecule has 0 saturated carbocycles. The second-order valence-electron chi connectivity index (χ2n) is 3.90. The van der Waals surface area contributed by atoms with Crippen molar-refractivity contribution in [2.24, 2.45) is 0 Å². The predicted molar refractivity (Wildman–Crippen MR) is 63.3 cm³/mol. The van der Waals surface area contributed by atoms with Gasteiger partial charge in [-0.3, -0.25) is 0 Å². The van der Waals surface area contributed by atoms with Crippen molar-refractivity contribution in [1.29, 1.82) is 0 Å². The molecule has 0 unspecified atom stereocenters. The van der Waals surface area contributed by atoms with Gasteiger partial charge in [0.25, 0.3) is 0 Å². The number of hydrogen-bond donors (Lipinski definition) is 0. The maximum Gasteiger partial charge on any atom is 0.134 e. The average molecular weight is 220 g/mol. The fourth-order valence-electron chi connectivity index (χ4n) is 1.84. The number of methoxy groups -OCH3 is 2. The van der Waals surface area contributed by atoms with Gasteiger partial charge in [0, 0.05) is 12.1 Å². The molecule has 3 heteroatoms. The van der Waals surface area contributed by atoms with Crippen molar-refractivity contribution in [2.45, 2.75) is 13.8 Å². The molecule has 0 spiro atoms. The molecule has 1 aliphatic heterocycles. The minimum absolute atomic E-state index is 0.634. The molecular formula is C13H16O3. The molecule has 1 heterocycles. The van der Waals surface area contributed by atoms with Crippen LogP contribution in [0.15, 0.2) is 17.7 Å². The molecule has 86 valence electrons. The highest BCUT2D eigenvalue weighted by Crippen LogP contribution is 2.42. The minimum Gasteiger partial charge on any atom is -0.496 e. The second-order valence-corrected chi connectivity index (χ2v) is 3.90. The number of allylic oxidation sites excluding steroid dienone is 1. The van der Waals surface area contributed by atoms with Crippen molar-refractivity contribution >= 4 is 5.57 Å². The van der Waals surface area contributed by atoms with Crippen LogP contribution in [-0.2, 0) is 0 Å². The van der Waals surface area contributed by atoms with Gasteiger partial charge in [-0.15, -0.1) is 0 Å². The number of fused-ring (bicyclic) bond motifs is 1. The Morgan fingerprint density at radius 2 is 1.88 bits per heavy atom. The monoisotopic (exact) mass is 220 g/mol. The van der Waals surface area contributed by atoms with Gasteiger partial charge in [0.05, 0.1) is 19.8 Å². The van der Waals surface area contributed by atoms with E-state index in [2.05, 4.69) is 13.8 Å². The first kappa shape index (κ1) is 10.9. The first-order chi connectivity index (χ1) is 7.67. The highest BCUT2D eigenvalue weighted by Gasteiger charge is 2.20. The molecule has 0 aliphatic carbocycles. The largest absolute Gasteiger partial charge is 0.496 e. The molecule has 16 heavy (non-hydrogen) atoms. The Bertz CT molecular complexity index is 447. The van der Waals surface area contributed by atoms with Crippen LogP contribution in [-0.4, -0.2) is 20.8 Å². The fraction of sp³-hybridized carbons (Fsp3) is 0.385. The Labute approximate surface area is 95.6 Å². The van der Waals surface area contributed by atoms with Gasteiger partial charge in [-0.05, 0) is 25.0 Å². The van der Waals surface area contributed by atoms with E-state index in [0.29, 0.717) is 6.61 Å². The highest BCUT2D eigenvalue weighted by molar-refractivity contribution is 5.78. The lowest BCUT2D eigenvalue weighted by Crippen LogP contribution is -2.09. The van der Waals surface area contributed by atoms with E-state index in [0.717, 1.165) is 22.8 Å². The first-order valence-electron chi connectivity index (χ1n) is 5.23. The first-order valence-corrected chi connectivity index (χ1v) is 5.23. The standard InChI is InChI=1S/C13H16O3/c1-8-7-16-12-6-10(14-3)5-11(15-4)13(12)9(8)2/h5-6H,7H2,1-4H3. The van der Waals surface area contributed by atoms with Gasteiger partial charge in [0.2, 0.25) is 0 Å². The van der Waals surface area contributed by atoms with Crippen molar-refractivity contribution in [2.75, 3.05) is 20.8 Å². The van der Waals surface area contributed by atoms with Crippen LogP contribution in [0.25, 0.3) is 5.57 Å². The third kappa shape index (κ3) is 1.62. The number of hydrogen-bond acceptors (Lipinski definition) is 3. The molecule has 0 bridgehead atoms. The minimum atomic E-state index is 0.634. The molecule has 0 amide bonds. The summed E-state index contributed by atoms with van der Waals surface area (Å²) in [5, 5.41) is 0. The Kier molecular flexibility index (Phi) is 2.77. The Hall–Kier alpha value is -1.64. The van der Waals surface area contributed by atoms with E-state index in [1.165, 1.54) is 11.1 Å². The fourth-order valence-corrected chi connectivity index (χ4v) is 1.84. The van der Waals surface area contributed by atoms with Crippen LogP contribution in [0.2, 0.25) is 0 Å². The van der Waals surface area contributed by atoms with Crippen molar-refractivity contribution in [1.82, 2.24) is 0 Å². The van der Waals surface area contributed by atoms with Crippen LogP contribution in [0.3, 0.4) is 0 Å². The van der Waals surface area contributed by atoms with Crippen LogP contribution in [0.5, 0.6) is 17.2 Å². The van der Waals surface area contributed by atoms with Crippen LogP contribution in [0.1, 0.15) is 19.4 Å². The van der Waals surface area contributed by atoms with E-state index in [-0.39, 0.29) is 0 Å². The summed E-state index contributed by atoms with van der Waals surface area (Å²) < 4.78 is 16.3. The summed E-state index contributed by atoms with van der Waals surface area (Å²) in [4.78, 5) is 0. The van der Waals surface area contributed by atoms with Gasteiger partial charge in [-0.1, -0.05) is 0 Å². The molecule has 1 aromatic carbocycles. The third-order valence-corrected chi connectivity index (χ3v) is 2.95. The SMILES string of the molecule is COc1cc(OC)c2c(c1)OCC(C)=C2C. The van der Waals surface area contributed by atoms with Crippen LogP contribution >= 0.6 is 0 Å². The Morgan fingerprint density at radius 1 is 1.12 bits per heavy atom. The van der Waals surface area contributed by atoms with Crippen molar-refractivity contribution in [3.8, 4) is 17.2 Å². The van der Waals surface area contributed by atoms with E-state index >= 15 is 0 Å². The zero-order valence-corrected chi connectivity index (χ0v) is 10.1. The van der Waals surface area contributed by atoms with Crippen LogP contribution in [0, 0.1) is 0 Å². The lowest BCUT2D eigenvalue weighted by molar-refractivity contribution is 0.333. The summed E-state index contributed by atoms with van der Waals surface area (Å²) in [5.41, 5.74) is 3.49. The highest BCUT2D eigenvalue weighted by atomic mass is 16.5. The number of ether oxygens (including phenoxy) is 3. The number of benzene rings is 1. The zero-order chi connectivity index (χ0) is 11.7. The summed E-state index contributed by atoms with van der Waals surface area (Å²) in [6, 6.07) is 3.78. The van der Waals surface area contributed by atoms with Gasteiger partial charge in [-0.25, -0.2) is 0 Å². The molecule has 1 aliphatic rings. The van der Waals surface area contributed by atoms with Gasteiger partial charge < -0.3 is 14.2 Å². The zero-order valence-electron chi connectivity index (χ0n) is 10.1. The van der Waals surface area contributed by atoms with Crippen molar-refractivity contribution in [3.05, 3.63) is 23.3 Å². The van der Waals surface area contributed by atoms with Gasteiger partial charge in [-0.2, -0.15) is 0 Å². The lowest BCUT2D eigenvalue weighted by Gasteiger charge is -2.23. The summed E-state index contributed by atoms with van der Waals surface area (Å²) >= 11 is 0. The van der Waals surface area contributed by atoms with E-state index < -0.39 is 0 Å². The summed E-state index contributed by atoms with van der Waals surface area (Å²) in [5.74, 6) is 2.38. The molecule has 3 nitrogen and oxygen atoms in total. The average Bonchev–Trinajstić information content (AvgIpc) is 2.32. The third-order valence-electron chi connectivity index (χ3n) is 2.95. The maximum atomic E-state index is 5.67. The number of rotatable bonds is 2. The van der Waals surface area contributed by atoms with Gasteiger partial charge in [0.15, 0.2) is 0 Å². The quantitative estimate of drug-likeness (QED) is 0.767. The molecule has 0 fully saturated rings. The van der Waals surface area contributed by atoms with Gasteiger partial charge >= 0.3 is 0 Å². The smallest absolute Gasteiger partial charge is 0.134 e. The maximum absolute atomic E-state index is 5.67. The molecule has 0 N–H and O–H groups in total. The molecule has 1 aromatic rings. The van der Waals surface area contributed by atoms with Crippen LogP contribution < -0.4 is 14.2 Å². The summed E-state index contributed by atoms with van der Waals surface area (Å²) in [6.45, 7) is 4.79. The Balaban J connectivity index is 2.63. The molecule has 0 atom stereocenters. The van der Waals surface area contributed by atoms with Crippen molar-refractivity contribution < 1.29 is 14.2 Å². The van der Waals surface area contributed by atoms with Crippen molar-refractivity contribution in [3.63, 3.8) is 0 Å². The molecule has 2 rings (SSSR count). The van der Waals surface area contributed by atoms with Gasteiger partial charge in [0.1, 0.15) is 23.9 Å². The van der Waals surface area contributed by atoms with Crippen LogP contribution in [0.4, 0.5) is 0 Å². The molecule has 0 radical (unpaired) electrons. The molecule has 0 saturated heterocycles. The summed E-state index contributed by atoms with van der Waals surface area (Å²) in [7, 11) is 3.30. The molecular weight excluding hydrogens is 204 g/mol. The second kappa shape index (κ2) is 4.08. The van der Waals surface area contributed by atoms with E-state index in [4.69, 9.17) is 14.2 Å².